The number of carbonyl (C=O) groups excluding carboxylic acids is 1. The third kappa shape index (κ3) is 4.13. The maximum absolute atomic E-state index is 13.0. The van der Waals surface area contributed by atoms with Crippen molar-refractivity contribution in [1.29, 1.82) is 0 Å². The van der Waals surface area contributed by atoms with E-state index in [-0.39, 0.29) is 5.91 Å². The first-order valence-corrected chi connectivity index (χ1v) is 9.97. The zero-order valence-electron chi connectivity index (χ0n) is 17.5. The Morgan fingerprint density at radius 3 is 2.43 bits per heavy atom. The average molecular weight is 406 g/mol. The highest BCUT2D eigenvalue weighted by Gasteiger charge is 2.31. The van der Waals surface area contributed by atoms with Crippen LogP contribution < -0.4 is 14.2 Å². The van der Waals surface area contributed by atoms with Gasteiger partial charge in [-0.2, -0.15) is 0 Å². The van der Waals surface area contributed by atoms with Gasteiger partial charge in [0.1, 0.15) is 0 Å². The Hall–Kier alpha value is -3.41. The molecule has 0 radical (unpaired) electrons. The smallest absolute Gasteiger partial charge is 0.247 e. The number of fused-ring (bicyclic) bond motifs is 1. The van der Waals surface area contributed by atoms with Gasteiger partial charge in [-0.3, -0.25) is 4.79 Å². The van der Waals surface area contributed by atoms with Crippen LogP contribution in [-0.4, -0.2) is 43.2 Å². The number of H-pyrrole nitrogens is 1. The largest absolute Gasteiger partial charge is 0.493 e. The van der Waals surface area contributed by atoms with Crippen LogP contribution in [0.4, 0.5) is 0 Å². The van der Waals surface area contributed by atoms with Gasteiger partial charge in [-0.05, 0) is 59.7 Å². The monoisotopic (exact) mass is 406 g/mol. The number of rotatable bonds is 8. The Labute approximate surface area is 176 Å². The number of aromatic amines is 1. The quantitative estimate of drug-likeness (QED) is 0.563. The fraction of sp³-hybridized carbons (Fsp3) is 0.292. The second-order valence-electron chi connectivity index (χ2n) is 7.39. The molecule has 0 spiro atoms. The van der Waals surface area contributed by atoms with E-state index in [1.165, 1.54) is 5.39 Å². The van der Waals surface area contributed by atoms with Gasteiger partial charge in [0.25, 0.3) is 0 Å². The summed E-state index contributed by atoms with van der Waals surface area (Å²) in [5.41, 5.74) is 3.01. The molecular formula is C24H26N2O4. The van der Waals surface area contributed by atoms with Gasteiger partial charge in [-0.1, -0.05) is 12.1 Å². The van der Waals surface area contributed by atoms with Crippen LogP contribution in [0.3, 0.4) is 0 Å². The van der Waals surface area contributed by atoms with Crippen LogP contribution in [0.25, 0.3) is 17.0 Å². The summed E-state index contributed by atoms with van der Waals surface area (Å²) in [6.45, 7) is 0.595. The number of carbonyl (C=O) groups is 1. The van der Waals surface area contributed by atoms with Gasteiger partial charge in [-0.25, -0.2) is 0 Å². The van der Waals surface area contributed by atoms with Gasteiger partial charge < -0.3 is 24.1 Å². The zero-order chi connectivity index (χ0) is 21.1. The van der Waals surface area contributed by atoms with E-state index in [9.17, 15) is 4.79 Å². The standard InChI is InChI=1S/C24H26N2O4/c1-28-21-13-16(14-22(29-2)24(21)30-3)5-9-23(27)26(19-7-8-19)15-17-4-6-18-10-11-25-20(18)12-17/h4-6,9-14,19,25H,7-8,15H2,1-3H3/b9-5+. The molecule has 0 saturated heterocycles. The first-order chi connectivity index (χ1) is 14.6. The molecule has 2 aromatic carbocycles. The molecule has 1 aliphatic carbocycles. The van der Waals surface area contributed by atoms with Crippen molar-refractivity contribution in [2.75, 3.05) is 21.3 Å². The predicted molar refractivity (Wildman–Crippen MR) is 117 cm³/mol. The van der Waals surface area contributed by atoms with E-state index in [2.05, 4.69) is 23.2 Å². The molecule has 156 valence electrons. The highest BCUT2D eigenvalue weighted by molar-refractivity contribution is 5.92. The molecule has 1 amide bonds. The minimum atomic E-state index is -0.00201. The van der Waals surface area contributed by atoms with Crippen LogP contribution in [0.15, 0.2) is 48.7 Å². The molecule has 6 nitrogen and oxygen atoms in total. The summed E-state index contributed by atoms with van der Waals surface area (Å²) in [4.78, 5) is 18.2. The Morgan fingerprint density at radius 2 is 1.80 bits per heavy atom. The summed E-state index contributed by atoms with van der Waals surface area (Å²) < 4.78 is 16.1. The first kappa shape index (κ1) is 19.9. The minimum Gasteiger partial charge on any atom is -0.493 e. The van der Waals surface area contributed by atoms with Crippen molar-refractivity contribution in [3.8, 4) is 17.2 Å². The van der Waals surface area contributed by atoms with E-state index in [4.69, 9.17) is 14.2 Å². The van der Waals surface area contributed by atoms with Crippen molar-refractivity contribution in [2.45, 2.75) is 25.4 Å². The molecule has 1 aliphatic rings. The van der Waals surface area contributed by atoms with Gasteiger partial charge >= 0.3 is 0 Å². The molecule has 1 saturated carbocycles. The lowest BCUT2D eigenvalue weighted by Crippen LogP contribution is -2.31. The Bertz CT molecular complexity index is 1060. The summed E-state index contributed by atoms with van der Waals surface area (Å²) >= 11 is 0. The predicted octanol–water partition coefficient (Wildman–Crippen LogP) is 4.40. The number of hydrogen-bond acceptors (Lipinski definition) is 4. The fourth-order valence-electron chi connectivity index (χ4n) is 3.62. The molecule has 4 rings (SSSR count). The van der Waals surface area contributed by atoms with Crippen molar-refractivity contribution in [2.24, 2.45) is 0 Å². The normalized spacial score (nSPS) is 13.6. The first-order valence-electron chi connectivity index (χ1n) is 9.97. The molecule has 1 fully saturated rings. The van der Waals surface area contributed by atoms with Crippen LogP contribution in [0.5, 0.6) is 17.2 Å². The molecule has 1 heterocycles. The average Bonchev–Trinajstić information content (AvgIpc) is 3.51. The van der Waals surface area contributed by atoms with Crippen molar-refractivity contribution in [1.82, 2.24) is 9.88 Å². The number of aromatic nitrogens is 1. The minimum absolute atomic E-state index is 0.00201. The maximum Gasteiger partial charge on any atom is 0.247 e. The molecular weight excluding hydrogens is 380 g/mol. The lowest BCUT2D eigenvalue weighted by molar-refractivity contribution is -0.127. The van der Waals surface area contributed by atoms with E-state index in [1.807, 2.05) is 29.3 Å². The second kappa shape index (κ2) is 8.53. The molecule has 6 heteroatoms. The summed E-state index contributed by atoms with van der Waals surface area (Å²) in [5.74, 6) is 1.64. The zero-order valence-corrected chi connectivity index (χ0v) is 17.5. The number of hydrogen-bond donors (Lipinski definition) is 1. The highest BCUT2D eigenvalue weighted by Crippen LogP contribution is 2.38. The topological polar surface area (TPSA) is 63.8 Å². The summed E-state index contributed by atoms with van der Waals surface area (Å²) in [5, 5.41) is 1.17. The van der Waals surface area contributed by atoms with Gasteiger partial charge in [-0.15, -0.1) is 0 Å². The van der Waals surface area contributed by atoms with Crippen molar-refractivity contribution >= 4 is 22.9 Å². The van der Waals surface area contributed by atoms with Gasteiger partial charge in [0.15, 0.2) is 11.5 Å². The second-order valence-corrected chi connectivity index (χ2v) is 7.39. The number of methoxy groups -OCH3 is 3. The Kier molecular flexibility index (Phi) is 5.65. The molecule has 3 aromatic rings. The summed E-state index contributed by atoms with van der Waals surface area (Å²) in [7, 11) is 4.72. The highest BCUT2D eigenvalue weighted by atomic mass is 16.5. The SMILES string of the molecule is COc1cc(/C=C/C(=O)N(Cc2ccc3cc[nH]c3c2)C2CC2)cc(OC)c1OC. The summed E-state index contributed by atoms with van der Waals surface area (Å²) in [6.07, 6.45) is 7.43. The van der Waals surface area contributed by atoms with Gasteiger partial charge in [0.2, 0.25) is 11.7 Å². The van der Waals surface area contributed by atoms with Crippen LogP contribution in [0, 0.1) is 0 Å². The summed E-state index contributed by atoms with van der Waals surface area (Å²) in [6, 6.07) is 12.3. The van der Waals surface area contributed by atoms with Crippen LogP contribution in [-0.2, 0) is 11.3 Å². The van der Waals surface area contributed by atoms with Crippen LogP contribution in [0.1, 0.15) is 24.0 Å². The van der Waals surface area contributed by atoms with Crippen LogP contribution in [0.2, 0.25) is 0 Å². The van der Waals surface area contributed by atoms with E-state index < -0.39 is 0 Å². The number of amides is 1. The molecule has 0 unspecified atom stereocenters. The Morgan fingerprint density at radius 1 is 1.07 bits per heavy atom. The molecule has 1 N–H and O–H groups in total. The molecule has 0 atom stereocenters. The maximum atomic E-state index is 13.0. The molecule has 1 aromatic heterocycles. The van der Waals surface area contributed by atoms with Crippen molar-refractivity contribution < 1.29 is 19.0 Å². The third-order valence-corrected chi connectivity index (χ3v) is 5.35. The fourth-order valence-corrected chi connectivity index (χ4v) is 3.62. The van der Waals surface area contributed by atoms with Gasteiger partial charge in [0, 0.05) is 30.4 Å². The molecule has 30 heavy (non-hydrogen) atoms. The lowest BCUT2D eigenvalue weighted by atomic mass is 10.1. The number of nitrogens with zero attached hydrogens (tertiary/aromatic N) is 1. The van der Waals surface area contributed by atoms with E-state index in [0.717, 1.165) is 29.5 Å². The molecule has 0 bridgehead atoms. The molecule has 0 aliphatic heterocycles. The van der Waals surface area contributed by atoms with E-state index in [0.29, 0.717) is 29.8 Å². The number of ether oxygens (including phenoxy) is 3. The lowest BCUT2D eigenvalue weighted by Gasteiger charge is -2.21. The van der Waals surface area contributed by atoms with E-state index in [1.54, 1.807) is 33.5 Å². The Balaban J connectivity index is 1.54. The third-order valence-electron chi connectivity index (χ3n) is 5.35. The van der Waals surface area contributed by atoms with Crippen molar-refractivity contribution in [3.05, 3.63) is 59.8 Å². The van der Waals surface area contributed by atoms with E-state index >= 15 is 0 Å². The number of nitrogens with one attached hydrogen (secondary N) is 1. The number of benzene rings is 2. The van der Waals surface area contributed by atoms with Crippen molar-refractivity contribution in [3.63, 3.8) is 0 Å². The van der Waals surface area contributed by atoms with Crippen LogP contribution >= 0.6 is 0 Å². The van der Waals surface area contributed by atoms with Gasteiger partial charge in [0.05, 0.1) is 21.3 Å².